The van der Waals surface area contributed by atoms with Gasteiger partial charge in [0.1, 0.15) is 29.8 Å². The topological polar surface area (TPSA) is 26.3 Å². The Morgan fingerprint density at radius 1 is 1.12 bits per heavy atom. The molecule has 2 aromatic rings. The molecule has 0 saturated carbocycles. The van der Waals surface area contributed by atoms with Gasteiger partial charge in [0.2, 0.25) is 0 Å². The molecule has 2 aromatic carbocycles. The Balaban J connectivity index is 2.21. The molecule has 2 rings (SSSR count). The number of aryl methyl sites for hydroxylation is 1. The Hall–Kier alpha value is -2.49. The van der Waals surface area contributed by atoms with E-state index in [1.165, 1.54) is 25.1 Å². The zero-order valence-electron chi connectivity index (χ0n) is 13.9. The smallest absolute Gasteiger partial charge is 0.132 e. The summed E-state index contributed by atoms with van der Waals surface area (Å²) in [6.07, 6.45) is 0.914. The van der Waals surface area contributed by atoms with Crippen LogP contribution in [-0.4, -0.2) is 5.78 Å². The van der Waals surface area contributed by atoms with Gasteiger partial charge < -0.3 is 9.53 Å². The third-order valence-electron chi connectivity index (χ3n) is 3.73. The molecule has 0 fully saturated rings. The molecule has 0 unspecified atom stereocenters. The molecule has 0 radical (unpaired) electrons. The van der Waals surface area contributed by atoms with Gasteiger partial charge in [-0.15, -0.1) is 0 Å². The molecule has 24 heavy (non-hydrogen) atoms. The molecule has 0 N–H and O–H groups in total. The highest BCUT2D eigenvalue weighted by Crippen LogP contribution is 2.30. The Bertz CT molecular complexity index is 746. The highest BCUT2D eigenvalue weighted by molar-refractivity contribution is 5.79. The van der Waals surface area contributed by atoms with Crippen LogP contribution in [0.4, 0.5) is 8.78 Å². The molecule has 0 bridgehead atoms. The number of allylic oxidation sites excluding steroid dienone is 1. The maximum atomic E-state index is 13.7. The minimum Gasteiger partial charge on any atom is -0.488 e. The molecule has 2 nitrogen and oxygen atoms in total. The Kier molecular flexibility index (Phi) is 5.85. The number of Topliss-reactive ketones (excluding diaryl/α,β-unsaturated/α-hetero) is 1. The van der Waals surface area contributed by atoms with Crippen molar-refractivity contribution in [2.45, 2.75) is 33.3 Å². The molecule has 0 aliphatic rings. The molecular formula is C20H20F2O2. The van der Waals surface area contributed by atoms with E-state index in [1.807, 2.05) is 19.1 Å². The Labute approximate surface area is 140 Å². The molecule has 0 aliphatic heterocycles. The summed E-state index contributed by atoms with van der Waals surface area (Å²) in [6.45, 7) is 7.26. The van der Waals surface area contributed by atoms with Gasteiger partial charge in [0, 0.05) is 12.0 Å². The van der Waals surface area contributed by atoms with Crippen LogP contribution in [0.5, 0.6) is 5.75 Å². The van der Waals surface area contributed by atoms with E-state index in [0.717, 1.165) is 16.7 Å². The van der Waals surface area contributed by atoms with Gasteiger partial charge in [0.25, 0.3) is 0 Å². The standard InChI is InChI=1S/C20H20F2O2/c1-13-7-10-20(16(11-13)14(2)8-9-15(3)23)24-12-17-18(21)5-4-6-19(17)22/h4-7,10-11H,2,8-9,12H2,1,3H3. The van der Waals surface area contributed by atoms with E-state index in [1.54, 1.807) is 6.07 Å². The van der Waals surface area contributed by atoms with Crippen molar-refractivity contribution in [2.75, 3.05) is 0 Å². The van der Waals surface area contributed by atoms with Gasteiger partial charge >= 0.3 is 0 Å². The van der Waals surface area contributed by atoms with Crippen LogP contribution in [-0.2, 0) is 11.4 Å². The second kappa shape index (κ2) is 7.86. The lowest BCUT2D eigenvalue weighted by atomic mass is 9.99. The molecule has 0 spiro atoms. The first-order valence-electron chi connectivity index (χ1n) is 7.72. The number of benzene rings is 2. The molecule has 126 valence electrons. The monoisotopic (exact) mass is 330 g/mol. The molecule has 0 amide bonds. The van der Waals surface area contributed by atoms with E-state index in [-0.39, 0.29) is 18.0 Å². The maximum absolute atomic E-state index is 13.7. The van der Waals surface area contributed by atoms with Crippen LogP contribution in [0, 0.1) is 18.6 Å². The van der Waals surface area contributed by atoms with Gasteiger partial charge in [-0.2, -0.15) is 0 Å². The van der Waals surface area contributed by atoms with Crippen molar-refractivity contribution < 1.29 is 18.3 Å². The third-order valence-corrected chi connectivity index (χ3v) is 3.73. The minimum absolute atomic E-state index is 0.0831. The van der Waals surface area contributed by atoms with Crippen molar-refractivity contribution >= 4 is 11.4 Å². The van der Waals surface area contributed by atoms with Gasteiger partial charge in [0.15, 0.2) is 0 Å². The van der Waals surface area contributed by atoms with Crippen molar-refractivity contribution in [1.29, 1.82) is 0 Å². The summed E-state index contributed by atoms with van der Waals surface area (Å²) in [5.41, 5.74) is 2.42. The molecule has 0 saturated heterocycles. The summed E-state index contributed by atoms with van der Waals surface area (Å²) >= 11 is 0. The number of carbonyl (C=O) groups excluding carboxylic acids is 1. The van der Waals surface area contributed by atoms with Crippen molar-refractivity contribution in [3.8, 4) is 5.75 Å². The molecule has 0 heterocycles. The molecule has 0 atom stereocenters. The van der Waals surface area contributed by atoms with Crippen LogP contribution < -0.4 is 4.74 Å². The highest BCUT2D eigenvalue weighted by Gasteiger charge is 2.13. The SMILES string of the molecule is C=C(CCC(C)=O)c1cc(C)ccc1OCc1c(F)cccc1F. The summed E-state index contributed by atoms with van der Waals surface area (Å²) < 4.78 is 33.1. The Morgan fingerprint density at radius 3 is 2.42 bits per heavy atom. The van der Waals surface area contributed by atoms with Crippen molar-refractivity contribution in [2.24, 2.45) is 0 Å². The molecular weight excluding hydrogens is 310 g/mol. The van der Waals surface area contributed by atoms with Crippen LogP contribution in [0.2, 0.25) is 0 Å². The largest absolute Gasteiger partial charge is 0.488 e. The zero-order chi connectivity index (χ0) is 17.7. The minimum atomic E-state index is -0.640. The first-order chi connectivity index (χ1) is 11.4. The van der Waals surface area contributed by atoms with E-state index in [2.05, 4.69) is 6.58 Å². The average Bonchev–Trinajstić information content (AvgIpc) is 2.53. The fourth-order valence-electron chi connectivity index (χ4n) is 2.33. The zero-order valence-corrected chi connectivity index (χ0v) is 13.9. The lowest BCUT2D eigenvalue weighted by Gasteiger charge is -2.15. The van der Waals surface area contributed by atoms with E-state index in [4.69, 9.17) is 4.74 Å². The Morgan fingerprint density at radius 2 is 1.79 bits per heavy atom. The van der Waals surface area contributed by atoms with Gasteiger partial charge in [-0.3, -0.25) is 0 Å². The average molecular weight is 330 g/mol. The predicted molar refractivity (Wildman–Crippen MR) is 90.8 cm³/mol. The van der Waals surface area contributed by atoms with E-state index in [0.29, 0.717) is 18.6 Å². The summed E-state index contributed by atoms with van der Waals surface area (Å²) in [5, 5.41) is 0. The number of hydrogen-bond donors (Lipinski definition) is 0. The number of ether oxygens (including phenoxy) is 1. The first kappa shape index (κ1) is 17.9. The molecule has 4 heteroatoms. The van der Waals surface area contributed by atoms with Gasteiger partial charge in [-0.05, 0) is 50.1 Å². The molecule has 0 aliphatic carbocycles. The van der Waals surface area contributed by atoms with Crippen LogP contribution in [0.3, 0.4) is 0 Å². The predicted octanol–water partition coefficient (Wildman–Crippen LogP) is 5.23. The number of rotatable bonds is 7. The fraction of sp³-hybridized carbons (Fsp3) is 0.250. The van der Waals surface area contributed by atoms with E-state index < -0.39 is 11.6 Å². The lowest BCUT2D eigenvalue weighted by molar-refractivity contribution is -0.116. The lowest BCUT2D eigenvalue weighted by Crippen LogP contribution is -2.04. The summed E-state index contributed by atoms with van der Waals surface area (Å²) in [6, 6.07) is 9.22. The van der Waals surface area contributed by atoms with Crippen LogP contribution in [0.1, 0.15) is 36.5 Å². The van der Waals surface area contributed by atoms with Crippen LogP contribution in [0.25, 0.3) is 5.57 Å². The maximum Gasteiger partial charge on any atom is 0.132 e. The third kappa shape index (κ3) is 4.51. The van der Waals surface area contributed by atoms with Gasteiger partial charge in [0.05, 0.1) is 5.56 Å². The normalized spacial score (nSPS) is 10.5. The number of ketones is 1. The molecule has 0 aromatic heterocycles. The van der Waals surface area contributed by atoms with Crippen molar-refractivity contribution in [3.63, 3.8) is 0 Å². The van der Waals surface area contributed by atoms with Crippen LogP contribution >= 0.6 is 0 Å². The van der Waals surface area contributed by atoms with E-state index in [9.17, 15) is 13.6 Å². The quantitative estimate of drug-likeness (QED) is 0.694. The number of hydrogen-bond acceptors (Lipinski definition) is 2. The fourth-order valence-corrected chi connectivity index (χ4v) is 2.33. The second-order valence-electron chi connectivity index (χ2n) is 5.79. The number of carbonyl (C=O) groups is 1. The summed E-state index contributed by atoms with van der Waals surface area (Å²) in [5.74, 6) is -0.699. The van der Waals surface area contributed by atoms with Crippen molar-refractivity contribution in [1.82, 2.24) is 0 Å². The number of halogens is 2. The van der Waals surface area contributed by atoms with Crippen LogP contribution in [0.15, 0.2) is 43.0 Å². The van der Waals surface area contributed by atoms with Gasteiger partial charge in [-0.1, -0.05) is 24.3 Å². The summed E-state index contributed by atoms with van der Waals surface area (Å²) in [4.78, 5) is 11.2. The van der Waals surface area contributed by atoms with Crippen molar-refractivity contribution in [3.05, 3.63) is 71.3 Å². The van der Waals surface area contributed by atoms with E-state index >= 15 is 0 Å². The van der Waals surface area contributed by atoms with Gasteiger partial charge in [-0.25, -0.2) is 8.78 Å². The first-order valence-corrected chi connectivity index (χ1v) is 7.72. The highest BCUT2D eigenvalue weighted by atomic mass is 19.1. The second-order valence-corrected chi connectivity index (χ2v) is 5.79. The summed E-state index contributed by atoms with van der Waals surface area (Å²) in [7, 11) is 0.